The van der Waals surface area contributed by atoms with Gasteiger partial charge in [0.2, 0.25) is 0 Å². The Morgan fingerprint density at radius 2 is 1.86 bits per heavy atom. The Hall–Kier alpha value is -2.75. The first-order chi connectivity index (χ1) is 16.6. The first-order valence-corrected chi connectivity index (χ1v) is 12.3. The van der Waals surface area contributed by atoms with Crippen LogP contribution >= 0.6 is 0 Å². The van der Waals surface area contributed by atoms with E-state index in [-0.39, 0.29) is 31.5 Å². The Kier molecular flexibility index (Phi) is 4.26. The molecule has 2 unspecified atom stereocenters. The lowest BCUT2D eigenvalue weighted by molar-refractivity contribution is -0.337. The lowest BCUT2D eigenvalue weighted by Gasteiger charge is -2.70. The van der Waals surface area contributed by atoms with Crippen molar-refractivity contribution < 1.29 is 17.9 Å². The van der Waals surface area contributed by atoms with Gasteiger partial charge in [-0.1, -0.05) is 0 Å². The van der Waals surface area contributed by atoms with E-state index in [2.05, 4.69) is 26.2 Å². The van der Waals surface area contributed by atoms with Crippen molar-refractivity contribution in [2.45, 2.75) is 75.8 Å². The van der Waals surface area contributed by atoms with E-state index in [0.717, 1.165) is 29.9 Å². The highest BCUT2D eigenvalue weighted by Gasteiger charge is 2.79. The van der Waals surface area contributed by atoms with Crippen molar-refractivity contribution >= 4 is 16.9 Å². The van der Waals surface area contributed by atoms with Crippen LogP contribution in [0.4, 0.5) is 19.0 Å². The maximum absolute atomic E-state index is 13.6. The molecule has 5 fully saturated rings. The summed E-state index contributed by atoms with van der Waals surface area (Å²) in [6.07, 6.45) is 3.87. The molecule has 0 N–H and O–H groups in total. The molecule has 0 amide bonds. The SMILES string of the molecule is Cc1cnc2c(C34CC(C(F)(F)F)(C3)C4)nc(N3CC(C)OC(c4cnn(C5CC5)c4)C3)cc2n1. The van der Waals surface area contributed by atoms with Gasteiger partial charge in [0, 0.05) is 36.0 Å². The summed E-state index contributed by atoms with van der Waals surface area (Å²) in [5.41, 5.74) is 1.68. The molecule has 35 heavy (non-hydrogen) atoms. The standard InChI is InChI=1S/C25H27F3N6O/c1-14-6-29-21-18(31-14)5-20(32-22(21)23-11-24(12-23,13-23)25(26,27)28)33-8-15(2)35-19(10-33)16-7-30-34(9-16)17-3-4-17/h5-7,9,15,17,19H,3-4,8,10-13H2,1-2H3. The molecule has 3 aromatic rings. The van der Waals surface area contributed by atoms with Crippen LogP contribution in [0.15, 0.2) is 24.7 Å². The number of rotatable bonds is 4. The molecule has 0 aromatic carbocycles. The summed E-state index contributed by atoms with van der Waals surface area (Å²) >= 11 is 0. The Labute approximate surface area is 200 Å². The lowest BCUT2D eigenvalue weighted by atomic mass is 9.34. The fourth-order valence-corrected chi connectivity index (χ4v) is 6.35. The largest absolute Gasteiger partial charge is 0.394 e. The Bertz CT molecular complexity index is 1310. The number of hydrogen-bond acceptors (Lipinski definition) is 6. The Balaban J connectivity index is 1.24. The van der Waals surface area contributed by atoms with E-state index in [9.17, 15) is 13.2 Å². The summed E-state index contributed by atoms with van der Waals surface area (Å²) in [6.45, 7) is 5.14. The van der Waals surface area contributed by atoms with E-state index in [1.54, 1.807) is 6.20 Å². The lowest BCUT2D eigenvalue weighted by Crippen LogP contribution is -2.70. The number of morpholine rings is 1. The van der Waals surface area contributed by atoms with Crippen molar-refractivity contribution in [3.05, 3.63) is 41.6 Å². The van der Waals surface area contributed by atoms with Gasteiger partial charge in [-0.15, -0.1) is 0 Å². The molecule has 8 rings (SSSR count). The van der Waals surface area contributed by atoms with Gasteiger partial charge in [0.25, 0.3) is 0 Å². The number of anilines is 1. The van der Waals surface area contributed by atoms with Crippen molar-refractivity contribution in [3.63, 3.8) is 0 Å². The van der Waals surface area contributed by atoms with Crippen LogP contribution in [0.25, 0.3) is 11.0 Å². The van der Waals surface area contributed by atoms with Crippen LogP contribution in [-0.2, 0) is 10.2 Å². The molecular formula is C25H27F3N6O. The van der Waals surface area contributed by atoms with Crippen molar-refractivity contribution in [1.82, 2.24) is 24.7 Å². The second-order valence-electron chi connectivity index (χ2n) is 11.1. The molecule has 4 aliphatic carbocycles. The zero-order valence-electron chi connectivity index (χ0n) is 19.7. The van der Waals surface area contributed by atoms with E-state index in [1.807, 2.05) is 30.8 Å². The van der Waals surface area contributed by atoms with Gasteiger partial charge >= 0.3 is 6.18 Å². The number of ether oxygens (including phenoxy) is 1. The summed E-state index contributed by atoms with van der Waals surface area (Å²) in [6, 6.07) is 2.42. The van der Waals surface area contributed by atoms with E-state index in [4.69, 9.17) is 9.72 Å². The van der Waals surface area contributed by atoms with Gasteiger partial charge in [-0.2, -0.15) is 18.3 Å². The van der Waals surface area contributed by atoms with Gasteiger partial charge in [0.15, 0.2) is 0 Å². The molecule has 0 spiro atoms. The minimum absolute atomic E-state index is 0.0361. The van der Waals surface area contributed by atoms with Gasteiger partial charge in [0.05, 0.1) is 47.2 Å². The highest BCUT2D eigenvalue weighted by molar-refractivity contribution is 5.81. The van der Waals surface area contributed by atoms with E-state index in [1.165, 1.54) is 0 Å². The topological polar surface area (TPSA) is 69.0 Å². The predicted molar refractivity (Wildman–Crippen MR) is 122 cm³/mol. The van der Waals surface area contributed by atoms with E-state index in [0.29, 0.717) is 35.9 Å². The van der Waals surface area contributed by atoms with E-state index < -0.39 is 17.0 Å². The maximum Gasteiger partial charge on any atom is 0.394 e. The Morgan fingerprint density at radius 1 is 1.09 bits per heavy atom. The molecule has 0 radical (unpaired) electrons. The van der Waals surface area contributed by atoms with Crippen LogP contribution < -0.4 is 4.90 Å². The molecule has 2 atom stereocenters. The van der Waals surface area contributed by atoms with Crippen LogP contribution in [0.1, 0.15) is 68.1 Å². The average Bonchev–Trinajstić information content (AvgIpc) is 3.46. The van der Waals surface area contributed by atoms with Crippen LogP contribution in [0.3, 0.4) is 0 Å². The summed E-state index contributed by atoms with van der Waals surface area (Å²) in [5.74, 6) is 0.730. The van der Waals surface area contributed by atoms with Gasteiger partial charge in [-0.05, 0) is 46.0 Å². The third kappa shape index (κ3) is 3.21. The maximum atomic E-state index is 13.6. The molecule has 5 aliphatic rings. The fraction of sp³-hybridized carbons (Fsp3) is 0.600. The minimum atomic E-state index is -4.16. The summed E-state index contributed by atoms with van der Waals surface area (Å²) in [7, 11) is 0. The summed E-state index contributed by atoms with van der Waals surface area (Å²) < 4.78 is 49.0. The quantitative estimate of drug-likeness (QED) is 0.529. The van der Waals surface area contributed by atoms with Gasteiger partial charge in [0.1, 0.15) is 17.4 Å². The van der Waals surface area contributed by atoms with Crippen molar-refractivity contribution in [1.29, 1.82) is 0 Å². The number of hydrogen-bond donors (Lipinski definition) is 0. The van der Waals surface area contributed by atoms with Gasteiger partial charge < -0.3 is 9.64 Å². The number of nitrogens with zero attached hydrogens (tertiary/aromatic N) is 6. The summed E-state index contributed by atoms with van der Waals surface area (Å²) in [4.78, 5) is 16.4. The molecule has 1 aliphatic heterocycles. The third-order valence-corrected chi connectivity index (χ3v) is 8.27. The number of aromatic nitrogens is 5. The molecule has 10 heteroatoms. The molecular weight excluding hydrogens is 457 g/mol. The predicted octanol–water partition coefficient (Wildman–Crippen LogP) is 4.82. The Morgan fingerprint density at radius 3 is 2.57 bits per heavy atom. The number of pyridine rings is 1. The molecule has 7 nitrogen and oxygen atoms in total. The zero-order chi connectivity index (χ0) is 24.2. The first-order valence-electron chi connectivity index (χ1n) is 12.3. The monoisotopic (exact) mass is 484 g/mol. The highest BCUT2D eigenvalue weighted by atomic mass is 19.4. The highest BCUT2D eigenvalue weighted by Crippen LogP contribution is 2.78. The number of alkyl halides is 3. The van der Waals surface area contributed by atoms with Gasteiger partial charge in [-0.3, -0.25) is 9.67 Å². The average molecular weight is 485 g/mol. The van der Waals surface area contributed by atoms with Crippen molar-refractivity contribution in [3.8, 4) is 0 Å². The molecule has 4 heterocycles. The van der Waals surface area contributed by atoms with Crippen LogP contribution in [0.5, 0.6) is 0 Å². The zero-order valence-corrected chi connectivity index (χ0v) is 19.7. The molecule has 4 saturated carbocycles. The van der Waals surface area contributed by atoms with Crippen LogP contribution in [-0.4, -0.2) is 50.1 Å². The smallest absolute Gasteiger partial charge is 0.367 e. The fourth-order valence-electron chi connectivity index (χ4n) is 6.35. The minimum Gasteiger partial charge on any atom is -0.367 e. The second kappa shape index (κ2) is 6.93. The molecule has 1 saturated heterocycles. The van der Waals surface area contributed by atoms with Gasteiger partial charge in [-0.25, -0.2) is 9.97 Å². The number of fused-ring (bicyclic) bond motifs is 1. The second-order valence-corrected chi connectivity index (χ2v) is 11.1. The third-order valence-electron chi connectivity index (χ3n) is 8.27. The summed E-state index contributed by atoms with van der Waals surface area (Å²) in [5, 5.41) is 4.52. The van der Waals surface area contributed by atoms with E-state index >= 15 is 0 Å². The number of halogens is 3. The molecule has 184 valence electrons. The van der Waals surface area contributed by atoms with Crippen molar-refractivity contribution in [2.75, 3.05) is 18.0 Å². The van der Waals surface area contributed by atoms with Crippen LogP contribution in [0.2, 0.25) is 0 Å². The molecule has 3 aromatic heterocycles. The normalized spacial score (nSPS) is 32.4. The van der Waals surface area contributed by atoms with Crippen LogP contribution in [0, 0.1) is 12.3 Å². The molecule has 2 bridgehead atoms. The first kappa shape index (κ1) is 21.5. The number of aryl methyl sites for hydroxylation is 1. The van der Waals surface area contributed by atoms with Crippen molar-refractivity contribution in [2.24, 2.45) is 5.41 Å².